The molecule has 8 atom stereocenters. The second-order valence-corrected chi connectivity index (χ2v) is 16.5. The van der Waals surface area contributed by atoms with Gasteiger partial charge in [0.1, 0.15) is 6.10 Å². The minimum Gasteiger partial charge on any atom is -0.504 e. The first kappa shape index (κ1) is 30.8. The predicted octanol–water partition coefficient (Wildman–Crippen LogP) is 9.90. The van der Waals surface area contributed by atoms with Gasteiger partial charge in [-0.2, -0.15) is 0 Å². The molecule has 0 saturated heterocycles. The third-order valence-electron chi connectivity index (χ3n) is 14.4. The molecule has 4 nitrogen and oxygen atoms in total. The van der Waals surface area contributed by atoms with Crippen LogP contribution < -0.4 is 4.74 Å². The lowest BCUT2D eigenvalue weighted by Gasteiger charge is -2.63. The van der Waals surface area contributed by atoms with Gasteiger partial charge in [-0.3, -0.25) is 0 Å². The Morgan fingerprint density at radius 3 is 2.44 bits per heavy atom. The van der Waals surface area contributed by atoms with Crippen molar-refractivity contribution in [2.45, 2.75) is 125 Å². The summed E-state index contributed by atoms with van der Waals surface area (Å²) in [6, 6.07) is 5.08. The van der Waals surface area contributed by atoms with Crippen molar-refractivity contribution < 1.29 is 19.4 Å². The summed E-state index contributed by atoms with van der Waals surface area (Å²) in [5, 5.41) is 9.87. The molecule has 0 aromatic heterocycles. The van der Waals surface area contributed by atoms with Gasteiger partial charge in [0, 0.05) is 11.5 Å². The highest BCUT2D eigenvalue weighted by atomic mass is 16.5. The summed E-state index contributed by atoms with van der Waals surface area (Å²) < 4.78 is 11.4. The minimum atomic E-state index is -0.275. The Kier molecular flexibility index (Phi) is 7.65. The van der Waals surface area contributed by atoms with Crippen LogP contribution in [0.25, 0.3) is 6.08 Å². The summed E-state index contributed by atoms with van der Waals surface area (Å²) in [6.45, 7) is 14.7. The largest absolute Gasteiger partial charge is 0.504 e. The van der Waals surface area contributed by atoms with E-state index in [4.69, 9.17) is 9.47 Å². The van der Waals surface area contributed by atoms with E-state index in [-0.39, 0.29) is 23.2 Å². The van der Waals surface area contributed by atoms with Crippen LogP contribution in [0.4, 0.5) is 0 Å². The molecule has 5 aliphatic rings. The molecule has 1 aromatic rings. The first-order valence-corrected chi connectivity index (χ1v) is 17.2. The first-order chi connectivity index (χ1) is 20.3. The maximum Gasteiger partial charge on any atom is 0.331 e. The average Bonchev–Trinajstić information content (AvgIpc) is 3.55. The van der Waals surface area contributed by atoms with Crippen molar-refractivity contribution in [3.63, 3.8) is 0 Å². The van der Waals surface area contributed by atoms with Gasteiger partial charge in [0.2, 0.25) is 0 Å². The molecular formula is C39H56O4. The van der Waals surface area contributed by atoms with Crippen LogP contribution in [0.1, 0.15) is 124 Å². The Balaban J connectivity index is 1.14. The van der Waals surface area contributed by atoms with Crippen molar-refractivity contribution in [3.8, 4) is 11.5 Å². The maximum atomic E-state index is 13.0. The monoisotopic (exact) mass is 588 g/mol. The maximum absolute atomic E-state index is 13.0. The molecule has 0 radical (unpaired) electrons. The first-order valence-electron chi connectivity index (χ1n) is 17.2. The lowest BCUT2D eigenvalue weighted by molar-refractivity contribution is -0.178. The average molecular weight is 589 g/mol. The number of phenols is 1. The fourth-order valence-corrected chi connectivity index (χ4v) is 12.0. The number of benzene rings is 1. The third-order valence-corrected chi connectivity index (χ3v) is 14.4. The Hall–Kier alpha value is -2.23. The molecule has 2 spiro atoms. The van der Waals surface area contributed by atoms with E-state index in [1.54, 1.807) is 24.3 Å². The number of carbonyl (C=O) groups is 1. The summed E-state index contributed by atoms with van der Waals surface area (Å²) in [5.41, 5.74) is 4.15. The van der Waals surface area contributed by atoms with Crippen molar-refractivity contribution in [2.24, 2.45) is 44.8 Å². The van der Waals surface area contributed by atoms with E-state index in [1.807, 2.05) is 0 Å². The predicted molar refractivity (Wildman–Crippen MR) is 174 cm³/mol. The summed E-state index contributed by atoms with van der Waals surface area (Å²) in [5.74, 6) is 2.58. The number of ether oxygens (including phenoxy) is 2. The number of methoxy groups -OCH3 is 1. The third kappa shape index (κ3) is 4.62. The molecule has 0 aliphatic heterocycles. The number of rotatable bonds is 8. The Labute approximate surface area is 260 Å². The standard InChI is InChI=1S/C39H56O4/c1-26(2)10-8-9-11-28-18-20-37(6)32-16-15-31-35(3,4)33(19-21-38(31)25-39(32,38)23-22-36(28,37)5)43-34(41)17-13-27-12-14-29(40)30(24-27)42-7/h10,12-14,17,24,28,31-33,40H,8-9,11,15-16,18-23,25H2,1-7H3/b17-13+/t28?,31?,32?,33-,36+,37-,38+,39-/m0/s1. The van der Waals surface area contributed by atoms with E-state index in [2.05, 4.69) is 47.6 Å². The van der Waals surface area contributed by atoms with Crippen molar-refractivity contribution in [1.82, 2.24) is 0 Å². The molecule has 1 N–H and O–H groups in total. The van der Waals surface area contributed by atoms with E-state index in [9.17, 15) is 9.90 Å². The molecule has 5 aliphatic carbocycles. The second kappa shape index (κ2) is 10.7. The molecule has 236 valence electrons. The molecule has 4 heteroatoms. The number of hydrogen-bond acceptors (Lipinski definition) is 4. The number of aromatic hydroxyl groups is 1. The fraction of sp³-hybridized carbons (Fsp3) is 0.718. The van der Waals surface area contributed by atoms with Crippen molar-refractivity contribution in [2.75, 3.05) is 7.11 Å². The number of fused-ring (bicyclic) bond motifs is 2. The van der Waals surface area contributed by atoms with Crippen LogP contribution in [0.15, 0.2) is 35.9 Å². The summed E-state index contributed by atoms with van der Waals surface area (Å²) in [6.07, 6.45) is 21.6. The van der Waals surface area contributed by atoms with Gasteiger partial charge in [0.25, 0.3) is 0 Å². The molecule has 6 rings (SSSR count). The number of carbonyl (C=O) groups excluding carboxylic acids is 1. The highest BCUT2D eigenvalue weighted by molar-refractivity contribution is 5.87. The number of allylic oxidation sites excluding steroid dienone is 2. The van der Waals surface area contributed by atoms with Crippen LogP contribution in [-0.2, 0) is 9.53 Å². The zero-order chi connectivity index (χ0) is 30.8. The van der Waals surface area contributed by atoms with Crippen molar-refractivity contribution in [1.29, 1.82) is 0 Å². The van der Waals surface area contributed by atoms with Gasteiger partial charge in [0.05, 0.1) is 7.11 Å². The van der Waals surface area contributed by atoms with Crippen LogP contribution in [0.3, 0.4) is 0 Å². The number of esters is 1. The second-order valence-electron chi connectivity index (χ2n) is 16.5. The zero-order valence-electron chi connectivity index (χ0n) is 27.9. The lowest BCUT2D eigenvalue weighted by Crippen LogP contribution is -2.57. The van der Waals surface area contributed by atoms with Gasteiger partial charge in [-0.15, -0.1) is 0 Å². The molecule has 43 heavy (non-hydrogen) atoms. The smallest absolute Gasteiger partial charge is 0.331 e. The normalized spacial score (nSPS) is 40.5. The van der Waals surface area contributed by atoms with E-state index >= 15 is 0 Å². The van der Waals surface area contributed by atoms with Gasteiger partial charge in [-0.05, 0) is 154 Å². The Morgan fingerprint density at radius 2 is 1.70 bits per heavy atom. The highest BCUT2D eigenvalue weighted by Crippen LogP contribution is 2.89. The highest BCUT2D eigenvalue weighted by Gasteiger charge is 2.82. The van der Waals surface area contributed by atoms with Crippen LogP contribution in [0.2, 0.25) is 0 Å². The van der Waals surface area contributed by atoms with Crippen LogP contribution in [0.5, 0.6) is 11.5 Å². The van der Waals surface area contributed by atoms with Crippen LogP contribution in [0, 0.1) is 44.8 Å². The van der Waals surface area contributed by atoms with Gasteiger partial charge < -0.3 is 14.6 Å². The number of hydrogen-bond donors (Lipinski definition) is 1. The Bertz CT molecular complexity index is 1300. The fourth-order valence-electron chi connectivity index (χ4n) is 12.0. The topological polar surface area (TPSA) is 55.8 Å². The van der Waals surface area contributed by atoms with Gasteiger partial charge in [0.15, 0.2) is 11.5 Å². The molecule has 0 amide bonds. The minimum absolute atomic E-state index is 0.0250. The summed E-state index contributed by atoms with van der Waals surface area (Å²) in [4.78, 5) is 13.0. The summed E-state index contributed by atoms with van der Waals surface area (Å²) in [7, 11) is 1.52. The molecular weight excluding hydrogens is 532 g/mol. The quantitative estimate of drug-likeness (QED) is 0.142. The van der Waals surface area contributed by atoms with E-state index in [0.29, 0.717) is 33.3 Å². The Morgan fingerprint density at radius 1 is 0.953 bits per heavy atom. The van der Waals surface area contributed by atoms with Crippen LogP contribution >= 0.6 is 0 Å². The van der Waals surface area contributed by atoms with Crippen LogP contribution in [-0.4, -0.2) is 24.3 Å². The van der Waals surface area contributed by atoms with Crippen molar-refractivity contribution >= 4 is 12.0 Å². The molecule has 0 heterocycles. The SMILES string of the molecule is COc1cc(/C=C/C(=O)O[C@H]2CC[C@]34C[C@]35CC[C@]3(C)C(CCCC=C(C)C)CC[C@@]3(C)C5CCC4C2(C)C)ccc1O. The number of unbranched alkanes of at least 4 members (excludes halogenated alkanes) is 1. The molecule has 5 fully saturated rings. The molecule has 0 bridgehead atoms. The van der Waals surface area contributed by atoms with Gasteiger partial charge >= 0.3 is 5.97 Å². The number of phenolic OH excluding ortho intramolecular Hbond substituents is 1. The van der Waals surface area contributed by atoms with Gasteiger partial charge in [-0.25, -0.2) is 4.79 Å². The molecule has 5 saturated carbocycles. The zero-order valence-corrected chi connectivity index (χ0v) is 27.9. The van der Waals surface area contributed by atoms with Crippen molar-refractivity contribution in [3.05, 3.63) is 41.5 Å². The summed E-state index contributed by atoms with van der Waals surface area (Å²) >= 11 is 0. The molecule has 1 aromatic carbocycles. The van der Waals surface area contributed by atoms with Gasteiger partial charge in [-0.1, -0.05) is 45.4 Å². The van der Waals surface area contributed by atoms with E-state index in [0.717, 1.165) is 23.8 Å². The van der Waals surface area contributed by atoms with E-state index < -0.39 is 0 Å². The van der Waals surface area contributed by atoms with E-state index in [1.165, 1.54) is 89.4 Å². The molecule has 3 unspecified atom stereocenters. The lowest BCUT2D eigenvalue weighted by atomic mass is 9.42.